The predicted octanol–water partition coefficient (Wildman–Crippen LogP) is 1.34. The van der Waals surface area contributed by atoms with Crippen molar-refractivity contribution < 1.29 is 9.53 Å². The number of rotatable bonds is 5. The second-order valence-corrected chi connectivity index (χ2v) is 7.58. The standard InChI is InChI=1S/C18H33N3O2/c1-15(16-4-2-6-19-13-16)12-18(22)21-7-3-5-17(21)14-20-8-10-23-11-9-20/h15-17,19H,2-14H2,1H3. The summed E-state index contributed by atoms with van der Waals surface area (Å²) in [6.07, 6.45) is 5.60. The van der Waals surface area contributed by atoms with Gasteiger partial charge in [0, 0.05) is 38.6 Å². The van der Waals surface area contributed by atoms with E-state index in [2.05, 4.69) is 22.0 Å². The summed E-state index contributed by atoms with van der Waals surface area (Å²) in [6.45, 7) is 10.2. The molecule has 0 spiro atoms. The topological polar surface area (TPSA) is 44.8 Å². The summed E-state index contributed by atoms with van der Waals surface area (Å²) in [5.74, 6) is 1.56. The molecule has 3 saturated heterocycles. The molecule has 3 aliphatic rings. The number of carbonyl (C=O) groups is 1. The van der Waals surface area contributed by atoms with Gasteiger partial charge in [-0.15, -0.1) is 0 Å². The molecule has 3 aliphatic heterocycles. The van der Waals surface area contributed by atoms with Gasteiger partial charge < -0.3 is 15.0 Å². The number of hydrogen-bond donors (Lipinski definition) is 1. The summed E-state index contributed by atoms with van der Waals surface area (Å²) in [4.78, 5) is 17.5. The van der Waals surface area contributed by atoms with Crippen molar-refractivity contribution in [3.8, 4) is 0 Å². The summed E-state index contributed by atoms with van der Waals surface area (Å²) in [5.41, 5.74) is 0. The Morgan fingerprint density at radius 3 is 2.78 bits per heavy atom. The average Bonchev–Trinajstić information content (AvgIpc) is 3.05. The van der Waals surface area contributed by atoms with Crippen LogP contribution < -0.4 is 5.32 Å². The maximum atomic E-state index is 12.8. The highest BCUT2D eigenvalue weighted by Crippen LogP contribution is 2.26. The number of piperidine rings is 1. The average molecular weight is 323 g/mol. The molecule has 3 rings (SSSR count). The van der Waals surface area contributed by atoms with Gasteiger partial charge in [0.2, 0.25) is 5.91 Å². The Labute approximate surface area is 140 Å². The van der Waals surface area contributed by atoms with Crippen LogP contribution in [0.15, 0.2) is 0 Å². The lowest BCUT2D eigenvalue weighted by molar-refractivity contribution is -0.133. The van der Waals surface area contributed by atoms with Crippen molar-refractivity contribution in [2.45, 2.75) is 45.1 Å². The van der Waals surface area contributed by atoms with E-state index in [4.69, 9.17) is 4.74 Å². The maximum Gasteiger partial charge on any atom is 0.223 e. The zero-order valence-electron chi connectivity index (χ0n) is 14.6. The number of ether oxygens (including phenoxy) is 1. The zero-order chi connectivity index (χ0) is 16.1. The fourth-order valence-corrected chi connectivity index (χ4v) is 4.36. The van der Waals surface area contributed by atoms with Crippen LogP contribution in [0.2, 0.25) is 0 Å². The fraction of sp³-hybridized carbons (Fsp3) is 0.944. The van der Waals surface area contributed by atoms with Gasteiger partial charge in [-0.05, 0) is 50.6 Å². The van der Waals surface area contributed by atoms with Gasteiger partial charge in [0.05, 0.1) is 13.2 Å². The number of morpholine rings is 1. The van der Waals surface area contributed by atoms with Crippen LogP contribution in [0, 0.1) is 11.8 Å². The first kappa shape index (κ1) is 17.2. The second-order valence-electron chi connectivity index (χ2n) is 7.58. The summed E-state index contributed by atoms with van der Waals surface area (Å²) < 4.78 is 5.43. The number of likely N-dealkylation sites (tertiary alicyclic amines) is 1. The van der Waals surface area contributed by atoms with Gasteiger partial charge in [0.1, 0.15) is 0 Å². The Bertz CT molecular complexity index is 378. The highest BCUT2D eigenvalue weighted by molar-refractivity contribution is 5.77. The highest BCUT2D eigenvalue weighted by atomic mass is 16.5. The van der Waals surface area contributed by atoms with Gasteiger partial charge in [-0.3, -0.25) is 9.69 Å². The first-order chi connectivity index (χ1) is 11.2. The first-order valence-electron chi connectivity index (χ1n) is 9.54. The van der Waals surface area contributed by atoms with Crippen molar-refractivity contribution in [3.63, 3.8) is 0 Å². The van der Waals surface area contributed by atoms with E-state index in [9.17, 15) is 4.79 Å². The van der Waals surface area contributed by atoms with Crippen molar-refractivity contribution in [3.05, 3.63) is 0 Å². The predicted molar refractivity (Wildman–Crippen MR) is 91.4 cm³/mol. The van der Waals surface area contributed by atoms with E-state index in [-0.39, 0.29) is 0 Å². The zero-order valence-corrected chi connectivity index (χ0v) is 14.6. The van der Waals surface area contributed by atoms with E-state index in [1.807, 2.05) is 0 Å². The van der Waals surface area contributed by atoms with E-state index in [1.54, 1.807) is 0 Å². The quantitative estimate of drug-likeness (QED) is 0.829. The number of carbonyl (C=O) groups excluding carboxylic acids is 1. The van der Waals surface area contributed by atoms with Crippen LogP contribution in [0.5, 0.6) is 0 Å². The molecule has 5 heteroatoms. The normalized spacial score (nSPS) is 31.3. The molecule has 132 valence electrons. The van der Waals surface area contributed by atoms with Crippen LogP contribution in [-0.2, 0) is 9.53 Å². The molecule has 3 heterocycles. The SMILES string of the molecule is CC(CC(=O)N1CCCC1CN1CCOCC1)C1CCCNC1. The van der Waals surface area contributed by atoms with Gasteiger partial charge in [-0.2, -0.15) is 0 Å². The van der Waals surface area contributed by atoms with E-state index in [1.165, 1.54) is 25.7 Å². The van der Waals surface area contributed by atoms with Gasteiger partial charge in [0.25, 0.3) is 0 Å². The molecule has 0 aromatic carbocycles. The van der Waals surface area contributed by atoms with E-state index >= 15 is 0 Å². The summed E-state index contributed by atoms with van der Waals surface area (Å²) in [7, 11) is 0. The van der Waals surface area contributed by atoms with Gasteiger partial charge >= 0.3 is 0 Å². The third kappa shape index (κ3) is 4.68. The van der Waals surface area contributed by atoms with Crippen molar-refractivity contribution in [2.75, 3.05) is 52.5 Å². The van der Waals surface area contributed by atoms with Gasteiger partial charge in [-0.25, -0.2) is 0 Å². The number of nitrogens with zero attached hydrogens (tertiary/aromatic N) is 2. The van der Waals surface area contributed by atoms with Gasteiger partial charge in [-0.1, -0.05) is 6.92 Å². The smallest absolute Gasteiger partial charge is 0.223 e. The largest absolute Gasteiger partial charge is 0.379 e. The molecule has 1 amide bonds. The minimum absolute atomic E-state index is 0.388. The van der Waals surface area contributed by atoms with Crippen molar-refractivity contribution in [1.29, 1.82) is 0 Å². The minimum atomic E-state index is 0.388. The summed E-state index contributed by atoms with van der Waals surface area (Å²) in [6, 6.07) is 0.428. The molecule has 0 aromatic rings. The maximum absolute atomic E-state index is 12.8. The Morgan fingerprint density at radius 2 is 2.04 bits per heavy atom. The molecular weight excluding hydrogens is 290 g/mol. The summed E-state index contributed by atoms with van der Waals surface area (Å²) >= 11 is 0. The lowest BCUT2D eigenvalue weighted by Crippen LogP contribution is -2.47. The Hall–Kier alpha value is -0.650. The highest BCUT2D eigenvalue weighted by Gasteiger charge is 2.32. The molecule has 0 bridgehead atoms. The minimum Gasteiger partial charge on any atom is -0.379 e. The summed E-state index contributed by atoms with van der Waals surface area (Å²) in [5, 5.41) is 3.48. The van der Waals surface area contributed by atoms with Crippen LogP contribution in [-0.4, -0.2) is 74.2 Å². The van der Waals surface area contributed by atoms with Crippen molar-refractivity contribution >= 4 is 5.91 Å². The molecule has 0 aliphatic carbocycles. The number of amides is 1. The van der Waals surface area contributed by atoms with Crippen LogP contribution in [0.1, 0.15) is 39.0 Å². The van der Waals surface area contributed by atoms with Crippen LogP contribution in [0.25, 0.3) is 0 Å². The Morgan fingerprint density at radius 1 is 1.22 bits per heavy atom. The van der Waals surface area contributed by atoms with Crippen molar-refractivity contribution in [1.82, 2.24) is 15.1 Å². The molecule has 5 nitrogen and oxygen atoms in total. The Balaban J connectivity index is 1.48. The first-order valence-corrected chi connectivity index (χ1v) is 9.54. The molecule has 0 radical (unpaired) electrons. The van der Waals surface area contributed by atoms with Crippen LogP contribution >= 0.6 is 0 Å². The number of hydrogen-bond acceptors (Lipinski definition) is 4. The fourth-order valence-electron chi connectivity index (χ4n) is 4.36. The molecular formula is C18H33N3O2. The third-order valence-electron chi connectivity index (χ3n) is 5.91. The molecule has 1 N–H and O–H groups in total. The Kier molecular flexibility index (Phi) is 6.31. The molecule has 23 heavy (non-hydrogen) atoms. The molecule has 0 saturated carbocycles. The van der Waals surface area contributed by atoms with E-state index in [0.717, 1.165) is 58.9 Å². The van der Waals surface area contributed by atoms with E-state index < -0.39 is 0 Å². The molecule has 3 fully saturated rings. The van der Waals surface area contributed by atoms with E-state index in [0.29, 0.717) is 23.8 Å². The van der Waals surface area contributed by atoms with Crippen LogP contribution in [0.4, 0.5) is 0 Å². The lowest BCUT2D eigenvalue weighted by atomic mass is 9.85. The number of nitrogens with one attached hydrogen (secondary N) is 1. The van der Waals surface area contributed by atoms with Crippen molar-refractivity contribution in [2.24, 2.45) is 11.8 Å². The van der Waals surface area contributed by atoms with Gasteiger partial charge in [0.15, 0.2) is 0 Å². The van der Waals surface area contributed by atoms with Crippen LogP contribution in [0.3, 0.4) is 0 Å². The lowest BCUT2D eigenvalue weighted by Gasteiger charge is -2.34. The monoisotopic (exact) mass is 323 g/mol. The molecule has 0 aromatic heterocycles. The molecule has 3 atom stereocenters. The second kappa shape index (κ2) is 8.45. The molecule has 3 unspecified atom stereocenters. The third-order valence-corrected chi connectivity index (χ3v) is 5.91.